The highest BCUT2D eigenvalue weighted by Crippen LogP contribution is 2.32. The maximum Gasteiger partial charge on any atom is 0.213 e. The minimum atomic E-state index is -3.16. The molecule has 2 fully saturated rings. The number of nitrogens with zero attached hydrogens (tertiary/aromatic N) is 1. The maximum atomic E-state index is 12.1. The Morgan fingerprint density at radius 3 is 2.35 bits per heavy atom. The van der Waals surface area contributed by atoms with Crippen LogP contribution in [0.3, 0.4) is 0 Å². The van der Waals surface area contributed by atoms with Crippen molar-refractivity contribution in [1.29, 1.82) is 0 Å². The van der Waals surface area contributed by atoms with Crippen molar-refractivity contribution >= 4 is 10.0 Å². The molecule has 0 aromatic carbocycles. The lowest BCUT2D eigenvalue weighted by Gasteiger charge is -2.47. The molecule has 2 saturated heterocycles. The first-order valence-corrected chi connectivity index (χ1v) is 9.48. The average Bonchev–Trinajstić information content (AvgIpc) is 2.29. The van der Waals surface area contributed by atoms with Crippen LogP contribution in [-0.4, -0.2) is 56.8 Å². The van der Waals surface area contributed by atoms with Crippen molar-refractivity contribution in [2.75, 3.05) is 19.3 Å². The molecule has 0 spiro atoms. The first-order valence-electron chi connectivity index (χ1n) is 7.82. The Morgan fingerprint density at radius 2 is 1.80 bits per heavy atom. The molecule has 2 bridgehead atoms. The third kappa shape index (κ3) is 4.41. The van der Waals surface area contributed by atoms with E-state index in [4.69, 9.17) is 0 Å². The number of sulfonamides is 1. The van der Waals surface area contributed by atoms with E-state index >= 15 is 0 Å². The quantitative estimate of drug-likeness (QED) is 0.766. The fourth-order valence-electron chi connectivity index (χ4n) is 3.51. The van der Waals surface area contributed by atoms with Gasteiger partial charge in [-0.05, 0) is 32.7 Å². The number of fused-ring (bicyclic) bond motifs is 2. The van der Waals surface area contributed by atoms with E-state index in [1.165, 1.54) is 19.3 Å². The summed E-state index contributed by atoms with van der Waals surface area (Å²) in [5, 5.41) is 3.16. The molecule has 0 saturated carbocycles. The van der Waals surface area contributed by atoms with Gasteiger partial charge in [0.1, 0.15) is 0 Å². The van der Waals surface area contributed by atoms with E-state index in [1.807, 2.05) is 13.8 Å². The number of piperidine rings is 2. The monoisotopic (exact) mass is 303 g/mol. The van der Waals surface area contributed by atoms with Gasteiger partial charge in [0.15, 0.2) is 0 Å². The molecule has 0 aliphatic carbocycles. The third-order valence-electron chi connectivity index (χ3n) is 4.61. The molecular weight excluding hydrogens is 274 g/mol. The zero-order chi connectivity index (χ0) is 14.8. The van der Waals surface area contributed by atoms with E-state index in [0.29, 0.717) is 24.7 Å². The lowest BCUT2D eigenvalue weighted by molar-refractivity contribution is 0.0536. The Balaban J connectivity index is 1.84. The van der Waals surface area contributed by atoms with Crippen LogP contribution in [0.15, 0.2) is 0 Å². The Kier molecular flexibility index (Phi) is 5.45. The van der Waals surface area contributed by atoms with Crippen LogP contribution in [0, 0.1) is 0 Å². The lowest BCUT2D eigenvalue weighted by atomic mass is 9.83. The largest absolute Gasteiger partial charge is 0.313 e. The number of rotatable bonds is 6. The average molecular weight is 303 g/mol. The van der Waals surface area contributed by atoms with Crippen LogP contribution in [0.2, 0.25) is 0 Å². The summed E-state index contributed by atoms with van der Waals surface area (Å²) in [7, 11) is -0.970. The highest BCUT2D eigenvalue weighted by Gasteiger charge is 2.37. The Morgan fingerprint density at radius 1 is 1.20 bits per heavy atom. The van der Waals surface area contributed by atoms with E-state index in [2.05, 4.69) is 22.0 Å². The van der Waals surface area contributed by atoms with Crippen molar-refractivity contribution in [3.8, 4) is 0 Å². The zero-order valence-corrected chi connectivity index (χ0v) is 13.7. The third-order valence-corrected chi connectivity index (χ3v) is 6.04. The normalized spacial score (nSPS) is 31.7. The van der Waals surface area contributed by atoms with E-state index in [9.17, 15) is 8.42 Å². The van der Waals surface area contributed by atoms with Crippen molar-refractivity contribution < 1.29 is 8.42 Å². The van der Waals surface area contributed by atoms with Crippen LogP contribution in [-0.2, 0) is 10.0 Å². The molecule has 2 heterocycles. The fraction of sp³-hybridized carbons (Fsp3) is 1.00. The summed E-state index contributed by atoms with van der Waals surface area (Å²) in [6.07, 6.45) is 5.63. The van der Waals surface area contributed by atoms with Gasteiger partial charge in [-0.2, -0.15) is 0 Å². The highest BCUT2D eigenvalue weighted by molar-refractivity contribution is 7.89. The minimum Gasteiger partial charge on any atom is -0.313 e. The first kappa shape index (κ1) is 16.2. The van der Waals surface area contributed by atoms with Crippen LogP contribution in [0.25, 0.3) is 0 Å². The second kappa shape index (κ2) is 6.73. The molecule has 2 atom stereocenters. The number of nitrogens with one attached hydrogen (secondary N) is 2. The molecule has 2 rings (SSSR count). The zero-order valence-electron chi connectivity index (χ0n) is 12.9. The van der Waals surface area contributed by atoms with E-state index in [0.717, 1.165) is 12.8 Å². The Bertz CT molecular complexity index is 397. The van der Waals surface area contributed by atoms with Gasteiger partial charge >= 0.3 is 0 Å². The van der Waals surface area contributed by atoms with Gasteiger partial charge in [0.25, 0.3) is 0 Å². The van der Waals surface area contributed by atoms with Gasteiger partial charge in [-0.15, -0.1) is 0 Å². The van der Waals surface area contributed by atoms with Gasteiger partial charge in [0.2, 0.25) is 10.0 Å². The summed E-state index contributed by atoms with van der Waals surface area (Å²) in [5.41, 5.74) is 0. The van der Waals surface area contributed by atoms with Crippen LogP contribution < -0.4 is 10.0 Å². The van der Waals surface area contributed by atoms with E-state index in [1.54, 1.807) is 0 Å². The highest BCUT2D eigenvalue weighted by atomic mass is 32.2. The van der Waals surface area contributed by atoms with E-state index < -0.39 is 10.0 Å². The maximum absolute atomic E-state index is 12.1. The lowest BCUT2D eigenvalue weighted by Crippen LogP contribution is -2.55. The summed E-state index contributed by atoms with van der Waals surface area (Å²) in [4.78, 5) is 2.45. The van der Waals surface area contributed by atoms with E-state index in [-0.39, 0.29) is 11.8 Å². The summed E-state index contributed by atoms with van der Waals surface area (Å²) in [6.45, 7) is 4.57. The fourth-order valence-corrected chi connectivity index (χ4v) is 4.71. The van der Waals surface area contributed by atoms with Crippen molar-refractivity contribution in [3.63, 3.8) is 0 Å². The molecule has 0 radical (unpaired) electrons. The van der Waals surface area contributed by atoms with Crippen LogP contribution >= 0.6 is 0 Å². The molecule has 118 valence electrons. The smallest absolute Gasteiger partial charge is 0.213 e. The molecule has 0 aromatic heterocycles. The summed E-state index contributed by atoms with van der Waals surface area (Å²) >= 11 is 0. The van der Waals surface area contributed by atoms with Crippen molar-refractivity contribution in [1.82, 2.24) is 14.9 Å². The van der Waals surface area contributed by atoms with Crippen molar-refractivity contribution in [3.05, 3.63) is 0 Å². The first-order chi connectivity index (χ1) is 9.37. The van der Waals surface area contributed by atoms with Gasteiger partial charge in [0, 0.05) is 30.7 Å². The van der Waals surface area contributed by atoms with Gasteiger partial charge < -0.3 is 10.2 Å². The molecular formula is C14H29N3O2S. The van der Waals surface area contributed by atoms with Crippen molar-refractivity contribution in [2.45, 2.75) is 70.1 Å². The van der Waals surface area contributed by atoms with Crippen LogP contribution in [0.5, 0.6) is 0 Å². The summed E-state index contributed by atoms with van der Waals surface area (Å²) in [6, 6.07) is 1.58. The molecule has 5 nitrogen and oxygen atoms in total. The minimum absolute atomic E-state index is 0.130. The predicted molar refractivity (Wildman–Crippen MR) is 82.3 cm³/mol. The molecule has 0 amide bonds. The van der Waals surface area contributed by atoms with Crippen LogP contribution in [0.4, 0.5) is 0 Å². The molecule has 20 heavy (non-hydrogen) atoms. The second-order valence-corrected chi connectivity index (χ2v) is 8.49. The molecule has 2 unspecified atom stereocenters. The number of hydrogen-bond acceptors (Lipinski definition) is 4. The molecule has 6 heteroatoms. The number of hydrogen-bond donors (Lipinski definition) is 2. The van der Waals surface area contributed by atoms with Crippen molar-refractivity contribution in [2.24, 2.45) is 0 Å². The topological polar surface area (TPSA) is 61.4 Å². The molecule has 2 N–H and O–H groups in total. The summed E-state index contributed by atoms with van der Waals surface area (Å²) < 4.78 is 27.2. The van der Waals surface area contributed by atoms with Gasteiger partial charge in [-0.25, -0.2) is 13.1 Å². The standard InChI is InChI=1S/C14H29N3O2S/c1-11(2)15-7-8-20(18,19)16-12-9-13-5-4-6-14(10-12)17(13)3/h11-16H,4-10H2,1-3H3. The second-order valence-electron chi connectivity index (χ2n) is 6.62. The van der Waals surface area contributed by atoms with Gasteiger partial charge in [-0.1, -0.05) is 20.3 Å². The van der Waals surface area contributed by atoms with Gasteiger partial charge in [0.05, 0.1) is 5.75 Å². The molecule has 2 aliphatic rings. The SMILES string of the molecule is CC(C)NCCS(=O)(=O)NC1CC2CCCC(C1)N2C. The molecule has 2 aliphatic heterocycles. The predicted octanol–water partition coefficient (Wildman–Crippen LogP) is 0.919. The summed E-state index contributed by atoms with van der Waals surface area (Å²) in [5.74, 6) is 0.173. The Hall–Kier alpha value is -0.170. The molecule has 0 aromatic rings. The van der Waals surface area contributed by atoms with Crippen LogP contribution in [0.1, 0.15) is 46.0 Å². The van der Waals surface area contributed by atoms with Gasteiger partial charge in [-0.3, -0.25) is 0 Å². The Labute approximate surface area is 123 Å².